The van der Waals surface area contributed by atoms with Gasteiger partial charge in [0.15, 0.2) is 0 Å². The molecule has 17 heavy (non-hydrogen) atoms. The Morgan fingerprint density at radius 3 is 1.35 bits per heavy atom. The van der Waals surface area contributed by atoms with E-state index in [1.54, 1.807) is 0 Å². The number of carboxylic acid groups (broad SMARTS) is 2. The summed E-state index contributed by atoms with van der Waals surface area (Å²) in [6, 6.07) is 1.72. The summed E-state index contributed by atoms with van der Waals surface area (Å²) < 4.78 is 0. The third-order valence-corrected chi connectivity index (χ3v) is 8.20. The SMILES string of the molecule is CC(C)C[Si](CC(=O)O)(CC(=O)O)CC(C)C. The third kappa shape index (κ3) is 7.15. The Labute approximate surface area is 104 Å². The van der Waals surface area contributed by atoms with Crippen molar-refractivity contribution < 1.29 is 19.8 Å². The molecular weight excluding hydrogens is 236 g/mol. The molecule has 0 heterocycles. The van der Waals surface area contributed by atoms with Gasteiger partial charge in [-0.25, -0.2) is 0 Å². The van der Waals surface area contributed by atoms with Gasteiger partial charge in [0, 0.05) is 12.1 Å². The fourth-order valence-electron chi connectivity index (χ4n) is 2.81. The molecule has 0 aliphatic heterocycles. The Kier molecular flexibility index (Phi) is 6.45. The van der Waals surface area contributed by atoms with Gasteiger partial charge in [-0.05, 0) is 11.8 Å². The monoisotopic (exact) mass is 260 g/mol. The summed E-state index contributed by atoms with van der Waals surface area (Å²) in [6.07, 6.45) is 0. The average Bonchev–Trinajstić information content (AvgIpc) is 1.95. The van der Waals surface area contributed by atoms with Crippen molar-refractivity contribution in [2.24, 2.45) is 11.8 Å². The molecule has 0 radical (unpaired) electrons. The second-order valence-corrected chi connectivity index (χ2v) is 10.4. The number of hydrogen-bond donors (Lipinski definition) is 2. The van der Waals surface area contributed by atoms with Gasteiger partial charge in [0.25, 0.3) is 0 Å². The van der Waals surface area contributed by atoms with Crippen LogP contribution < -0.4 is 0 Å². The first-order valence-electron chi connectivity index (χ1n) is 6.10. The average molecular weight is 260 g/mol. The van der Waals surface area contributed by atoms with Gasteiger partial charge in [-0.2, -0.15) is 0 Å². The van der Waals surface area contributed by atoms with Gasteiger partial charge in [-0.3, -0.25) is 9.59 Å². The summed E-state index contributed by atoms with van der Waals surface area (Å²) in [6.45, 7) is 8.13. The second kappa shape index (κ2) is 6.79. The van der Waals surface area contributed by atoms with Crippen LogP contribution >= 0.6 is 0 Å². The van der Waals surface area contributed by atoms with E-state index in [9.17, 15) is 9.59 Å². The Bertz CT molecular complexity index is 246. The molecule has 0 saturated heterocycles. The fraction of sp³-hybridized carbons (Fsp3) is 0.833. The molecule has 0 aromatic heterocycles. The highest BCUT2D eigenvalue weighted by atomic mass is 28.3. The van der Waals surface area contributed by atoms with E-state index in [1.165, 1.54) is 0 Å². The number of carboxylic acids is 2. The standard InChI is InChI=1S/C12H24O4Si/c1-9(2)5-17(6-10(3)4,7-11(13)14)8-12(15)16/h9-10H,5-8H2,1-4H3,(H,13,14)(H,15,16). The minimum atomic E-state index is -2.25. The predicted molar refractivity (Wildman–Crippen MR) is 69.9 cm³/mol. The molecule has 2 N–H and O–H groups in total. The van der Waals surface area contributed by atoms with Crippen LogP contribution in [-0.2, 0) is 9.59 Å². The Balaban J connectivity index is 5.02. The number of hydrogen-bond acceptors (Lipinski definition) is 2. The van der Waals surface area contributed by atoms with Crippen molar-refractivity contribution in [3.05, 3.63) is 0 Å². The van der Waals surface area contributed by atoms with E-state index in [0.717, 1.165) is 12.1 Å². The summed E-state index contributed by atoms with van der Waals surface area (Å²) in [5.74, 6) is -0.975. The van der Waals surface area contributed by atoms with Crippen LogP contribution in [0.15, 0.2) is 0 Å². The minimum absolute atomic E-state index is 0.0790. The van der Waals surface area contributed by atoms with E-state index in [0.29, 0.717) is 11.8 Å². The quantitative estimate of drug-likeness (QED) is 0.658. The van der Waals surface area contributed by atoms with Crippen LogP contribution in [0.3, 0.4) is 0 Å². The summed E-state index contributed by atoms with van der Waals surface area (Å²) in [7, 11) is -2.25. The molecule has 0 aliphatic rings. The van der Waals surface area contributed by atoms with Gasteiger partial charge in [0.05, 0.1) is 8.07 Å². The summed E-state index contributed by atoms with van der Waals surface area (Å²) in [5.41, 5.74) is 0. The Hall–Kier alpha value is -0.843. The van der Waals surface area contributed by atoms with Crippen molar-refractivity contribution in [3.8, 4) is 0 Å². The van der Waals surface area contributed by atoms with Crippen molar-refractivity contribution in [3.63, 3.8) is 0 Å². The minimum Gasteiger partial charge on any atom is -0.481 e. The maximum atomic E-state index is 11.0. The maximum absolute atomic E-state index is 11.0. The lowest BCUT2D eigenvalue weighted by Crippen LogP contribution is -2.41. The van der Waals surface area contributed by atoms with Crippen LogP contribution in [0.1, 0.15) is 27.7 Å². The van der Waals surface area contributed by atoms with Crippen molar-refractivity contribution >= 4 is 20.0 Å². The summed E-state index contributed by atoms with van der Waals surface area (Å²) in [4.78, 5) is 22.0. The number of carbonyl (C=O) groups is 2. The summed E-state index contributed by atoms with van der Waals surface area (Å²) in [5, 5.41) is 18.1. The Morgan fingerprint density at radius 2 is 1.18 bits per heavy atom. The molecule has 0 rings (SSSR count). The van der Waals surface area contributed by atoms with Gasteiger partial charge >= 0.3 is 11.9 Å². The topological polar surface area (TPSA) is 74.6 Å². The van der Waals surface area contributed by atoms with E-state index in [-0.39, 0.29) is 12.1 Å². The molecule has 4 nitrogen and oxygen atoms in total. The molecule has 5 heteroatoms. The molecule has 0 aromatic rings. The van der Waals surface area contributed by atoms with Crippen LogP contribution in [0.2, 0.25) is 24.2 Å². The first-order chi connectivity index (χ1) is 7.67. The van der Waals surface area contributed by atoms with Gasteiger partial charge in [0.1, 0.15) is 0 Å². The van der Waals surface area contributed by atoms with Crippen molar-refractivity contribution in [1.29, 1.82) is 0 Å². The van der Waals surface area contributed by atoms with E-state index in [4.69, 9.17) is 10.2 Å². The van der Waals surface area contributed by atoms with Crippen LogP contribution in [0.25, 0.3) is 0 Å². The van der Waals surface area contributed by atoms with E-state index < -0.39 is 20.0 Å². The predicted octanol–water partition coefficient (Wildman–Crippen LogP) is 2.92. The highest BCUT2D eigenvalue weighted by molar-refractivity contribution is 6.84. The molecule has 0 fully saturated rings. The molecule has 0 saturated carbocycles. The zero-order valence-corrected chi connectivity index (χ0v) is 12.2. The highest BCUT2D eigenvalue weighted by Crippen LogP contribution is 2.32. The first-order valence-corrected chi connectivity index (χ1v) is 8.93. The van der Waals surface area contributed by atoms with Crippen LogP contribution in [0, 0.1) is 11.8 Å². The molecule has 0 bridgehead atoms. The third-order valence-electron chi connectivity index (χ3n) is 2.73. The normalized spacial score (nSPS) is 12.1. The number of rotatable bonds is 8. The molecule has 0 unspecified atom stereocenters. The molecule has 0 aliphatic carbocycles. The van der Waals surface area contributed by atoms with Crippen LogP contribution in [0.5, 0.6) is 0 Å². The smallest absolute Gasteiger partial charge is 0.300 e. The van der Waals surface area contributed by atoms with E-state index >= 15 is 0 Å². The zero-order valence-electron chi connectivity index (χ0n) is 11.2. The van der Waals surface area contributed by atoms with Gasteiger partial charge in [-0.15, -0.1) is 0 Å². The van der Waals surface area contributed by atoms with Gasteiger partial charge in [0.2, 0.25) is 0 Å². The second-order valence-electron chi connectivity index (χ2n) is 5.84. The molecule has 100 valence electrons. The lowest BCUT2D eigenvalue weighted by Gasteiger charge is -2.32. The lowest BCUT2D eigenvalue weighted by atomic mass is 10.3. The first kappa shape index (κ1) is 16.2. The van der Waals surface area contributed by atoms with Crippen LogP contribution in [0.4, 0.5) is 0 Å². The lowest BCUT2D eigenvalue weighted by molar-refractivity contribution is -0.134. The molecular formula is C12H24O4Si. The van der Waals surface area contributed by atoms with Gasteiger partial charge < -0.3 is 10.2 Å². The van der Waals surface area contributed by atoms with E-state index in [2.05, 4.69) is 0 Å². The number of aliphatic carboxylic acids is 2. The molecule has 0 spiro atoms. The molecule has 0 aromatic carbocycles. The van der Waals surface area contributed by atoms with E-state index in [1.807, 2.05) is 27.7 Å². The Morgan fingerprint density at radius 1 is 0.882 bits per heavy atom. The van der Waals surface area contributed by atoms with Gasteiger partial charge in [-0.1, -0.05) is 39.8 Å². The molecule has 0 atom stereocenters. The fourth-order valence-corrected chi connectivity index (χ4v) is 8.42. The van der Waals surface area contributed by atoms with Crippen LogP contribution in [-0.4, -0.2) is 30.2 Å². The maximum Gasteiger partial charge on any atom is 0.300 e. The molecule has 0 amide bonds. The van der Waals surface area contributed by atoms with Crippen molar-refractivity contribution in [1.82, 2.24) is 0 Å². The zero-order chi connectivity index (χ0) is 13.6. The van der Waals surface area contributed by atoms with Crippen molar-refractivity contribution in [2.75, 3.05) is 0 Å². The largest absolute Gasteiger partial charge is 0.481 e. The van der Waals surface area contributed by atoms with Crippen molar-refractivity contribution in [2.45, 2.75) is 51.9 Å². The summed E-state index contributed by atoms with van der Waals surface area (Å²) >= 11 is 0. The highest BCUT2D eigenvalue weighted by Gasteiger charge is 2.38.